The summed E-state index contributed by atoms with van der Waals surface area (Å²) in [5.74, 6) is -1.29. The fourth-order valence-corrected chi connectivity index (χ4v) is 3.97. The third kappa shape index (κ3) is 4.70. The van der Waals surface area contributed by atoms with Gasteiger partial charge in [-0.05, 0) is 30.7 Å². The molecule has 0 spiro atoms. The molecule has 0 saturated heterocycles. The van der Waals surface area contributed by atoms with Crippen LogP contribution in [0.2, 0.25) is 5.02 Å². The van der Waals surface area contributed by atoms with Crippen molar-refractivity contribution < 1.29 is 31.1 Å². The van der Waals surface area contributed by atoms with Crippen molar-refractivity contribution in [2.45, 2.75) is 37.8 Å². The van der Waals surface area contributed by atoms with Crippen molar-refractivity contribution >= 4 is 29.0 Å². The lowest BCUT2D eigenvalue weighted by atomic mass is 9.96. The Morgan fingerprint density at radius 3 is 2.41 bits per heavy atom. The highest BCUT2D eigenvalue weighted by Gasteiger charge is 2.47. The van der Waals surface area contributed by atoms with Crippen molar-refractivity contribution in [3.8, 4) is 0 Å². The second-order valence-corrected chi connectivity index (χ2v) is 8.33. The van der Waals surface area contributed by atoms with Crippen molar-refractivity contribution in [1.29, 1.82) is 0 Å². The zero-order valence-electron chi connectivity index (χ0n) is 17.4. The van der Waals surface area contributed by atoms with Crippen molar-refractivity contribution in [3.05, 3.63) is 75.9 Å². The maximum Gasteiger partial charge on any atom is 0.418 e. The summed E-state index contributed by atoms with van der Waals surface area (Å²) in [5, 5.41) is 8.55. The summed E-state index contributed by atoms with van der Waals surface area (Å²) >= 11 is 5.65. The standard InChI is InChI=1S/C22H17ClF6N4O/c1-11-2-4-12(5-3-11)17-9-18(22(27,28)29)33-19(31-17)14(10-30-33)20(34)32-16-7-6-13(23)8-15(16)21(24,25)26/h2-8,10,17-18,31H,9H2,1H3,(H,32,34)/t17-,18-/m0/s1. The minimum absolute atomic E-state index is 0.191. The highest BCUT2D eigenvalue weighted by molar-refractivity contribution is 6.30. The Bertz CT molecular complexity index is 1220. The van der Waals surface area contributed by atoms with E-state index < -0.39 is 41.6 Å². The molecule has 180 valence electrons. The van der Waals surface area contributed by atoms with Crippen LogP contribution in [0.4, 0.5) is 37.8 Å². The normalized spacial score (nSPS) is 18.2. The van der Waals surface area contributed by atoms with Crippen LogP contribution in [0, 0.1) is 6.92 Å². The highest BCUT2D eigenvalue weighted by atomic mass is 35.5. The fourth-order valence-electron chi connectivity index (χ4n) is 3.80. The van der Waals surface area contributed by atoms with Gasteiger partial charge in [-0.3, -0.25) is 4.79 Å². The molecule has 2 aromatic carbocycles. The van der Waals surface area contributed by atoms with Gasteiger partial charge in [0.15, 0.2) is 6.04 Å². The Labute approximate surface area is 194 Å². The molecule has 0 saturated carbocycles. The van der Waals surface area contributed by atoms with Crippen molar-refractivity contribution in [2.24, 2.45) is 0 Å². The van der Waals surface area contributed by atoms with Crippen LogP contribution in [0.5, 0.6) is 0 Å². The average Bonchev–Trinajstić information content (AvgIpc) is 3.17. The van der Waals surface area contributed by atoms with Crippen LogP contribution < -0.4 is 10.6 Å². The lowest BCUT2D eigenvalue weighted by Gasteiger charge is -2.34. The zero-order valence-corrected chi connectivity index (χ0v) is 18.2. The number of anilines is 2. The first-order chi connectivity index (χ1) is 15.8. The Kier molecular flexibility index (Phi) is 6.01. The third-order valence-corrected chi connectivity index (χ3v) is 5.73. The number of halogens is 7. The van der Waals surface area contributed by atoms with Crippen LogP contribution in [-0.4, -0.2) is 21.9 Å². The van der Waals surface area contributed by atoms with Gasteiger partial charge in [-0.1, -0.05) is 41.4 Å². The molecule has 1 aromatic heterocycles. The first-order valence-corrected chi connectivity index (χ1v) is 10.4. The molecule has 1 amide bonds. The van der Waals surface area contributed by atoms with Gasteiger partial charge in [0.05, 0.1) is 23.5 Å². The molecule has 0 radical (unpaired) electrons. The zero-order chi connectivity index (χ0) is 24.8. The SMILES string of the molecule is Cc1ccc([C@@H]2C[C@@H](C(F)(F)F)n3ncc(C(=O)Nc4ccc(Cl)cc4C(F)(F)F)c3N2)cc1. The average molecular weight is 503 g/mol. The number of amides is 1. The van der Waals surface area contributed by atoms with Crippen LogP contribution in [0.1, 0.15) is 45.6 Å². The molecule has 4 rings (SSSR count). The van der Waals surface area contributed by atoms with E-state index in [9.17, 15) is 31.1 Å². The molecule has 34 heavy (non-hydrogen) atoms. The Morgan fingerprint density at radius 1 is 1.12 bits per heavy atom. The van der Waals surface area contributed by atoms with Gasteiger partial charge in [-0.25, -0.2) is 4.68 Å². The minimum atomic E-state index is -4.82. The van der Waals surface area contributed by atoms with Gasteiger partial charge in [0, 0.05) is 11.4 Å². The van der Waals surface area contributed by atoms with Crippen LogP contribution in [0.3, 0.4) is 0 Å². The van der Waals surface area contributed by atoms with E-state index in [1.54, 1.807) is 24.3 Å². The number of hydrogen-bond acceptors (Lipinski definition) is 3. The van der Waals surface area contributed by atoms with Crippen LogP contribution in [0.25, 0.3) is 0 Å². The van der Waals surface area contributed by atoms with Crippen molar-refractivity contribution in [1.82, 2.24) is 9.78 Å². The third-order valence-electron chi connectivity index (χ3n) is 5.50. The minimum Gasteiger partial charge on any atom is -0.363 e. The number of carbonyl (C=O) groups is 1. The van der Waals surface area contributed by atoms with Gasteiger partial charge >= 0.3 is 12.4 Å². The highest BCUT2D eigenvalue weighted by Crippen LogP contribution is 2.44. The number of fused-ring (bicyclic) bond motifs is 1. The summed E-state index contributed by atoms with van der Waals surface area (Å²) in [4.78, 5) is 12.9. The summed E-state index contributed by atoms with van der Waals surface area (Å²) in [7, 11) is 0. The summed E-state index contributed by atoms with van der Waals surface area (Å²) in [5.41, 5.74) is -0.613. The van der Waals surface area contributed by atoms with E-state index in [1.807, 2.05) is 6.92 Å². The predicted octanol–water partition coefficient (Wildman–Crippen LogP) is 6.78. The number of rotatable bonds is 3. The fraction of sp³-hybridized carbons (Fsp3) is 0.273. The maximum atomic E-state index is 13.8. The lowest BCUT2D eigenvalue weighted by molar-refractivity contribution is -0.173. The Morgan fingerprint density at radius 2 is 1.79 bits per heavy atom. The van der Waals surface area contributed by atoms with E-state index in [1.165, 1.54) is 0 Å². The molecule has 0 fully saturated rings. The quantitative estimate of drug-likeness (QED) is 0.388. The second-order valence-electron chi connectivity index (χ2n) is 7.89. The number of nitrogens with one attached hydrogen (secondary N) is 2. The molecule has 3 aromatic rings. The van der Waals surface area contributed by atoms with Gasteiger partial charge in [0.1, 0.15) is 11.4 Å². The summed E-state index contributed by atoms with van der Waals surface area (Å²) in [6.45, 7) is 1.83. The Hall–Kier alpha value is -3.21. The molecule has 12 heteroatoms. The van der Waals surface area contributed by atoms with Crippen molar-refractivity contribution in [3.63, 3.8) is 0 Å². The number of alkyl halides is 6. The van der Waals surface area contributed by atoms with Crippen LogP contribution in [-0.2, 0) is 6.18 Å². The van der Waals surface area contributed by atoms with E-state index in [-0.39, 0.29) is 22.8 Å². The van der Waals surface area contributed by atoms with Gasteiger partial charge in [0.25, 0.3) is 5.91 Å². The molecule has 0 aliphatic carbocycles. The smallest absolute Gasteiger partial charge is 0.363 e. The number of aromatic nitrogens is 2. The lowest BCUT2D eigenvalue weighted by Crippen LogP contribution is -2.36. The van der Waals surface area contributed by atoms with Gasteiger partial charge in [-0.2, -0.15) is 31.4 Å². The number of hydrogen-bond donors (Lipinski definition) is 2. The number of benzene rings is 2. The van der Waals surface area contributed by atoms with Gasteiger partial charge < -0.3 is 10.6 Å². The first-order valence-electron chi connectivity index (χ1n) is 10.00. The van der Waals surface area contributed by atoms with E-state index >= 15 is 0 Å². The van der Waals surface area contributed by atoms with Crippen molar-refractivity contribution in [2.75, 3.05) is 10.6 Å². The summed E-state index contributed by atoms with van der Waals surface area (Å²) in [6, 6.07) is 6.80. The molecule has 2 N–H and O–H groups in total. The van der Waals surface area contributed by atoms with Gasteiger partial charge in [0.2, 0.25) is 0 Å². The van der Waals surface area contributed by atoms with E-state index in [0.717, 1.165) is 23.9 Å². The largest absolute Gasteiger partial charge is 0.418 e. The predicted molar refractivity (Wildman–Crippen MR) is 114 cm³/mol. The molecule has 1 aliphatic heterocycles. The monoisotopic (exact) mass is 502 g/mol. The molecule has 2 atom stereocenters. The van der Waals surface area contributed by atoms with E-state index in [0.29, 0.717) is 16.3 Å². The summed E-state index contributed by atoms with van der Waals surface area (Å²) < 4.78 is 82.3. The molecule has 2 heterocycles. The van der Waals surface area contributed by atoms with Crippen LogP contribution in [0.15, 0.2) is 48.7 Å². The number of carbonyl (C=O) groups excluding carboxylic acids is 1. The van der Waals surface area contributed by atoms with Gasteiger partial charge in [-0.15, -0.1) is 0 Å². The number of aryl methyl sites for hydroxylation is 1. The molecule has 0 unspecified atom stereocenters. The molecule has 0 bridgehead atoms. The van der Waals surface area contributed by atoms with E-state index in [4.69, 9.17) is 11.6 Å². The molecular weight excluding hydrogens is 486 g/mol. The van der Waals surface area contributed by atoms with E-state index in [2.05, 4.69) is 15.7 Å². The molecular formula is C22H17ClF6N4O. The Balaban J connectivity index is 1.71. The molecule has 1 aliphatic rings. The molecule has 5 nitrogen and oxygen atoms in total. The topological polar surface area (TPSA) is 59.0 Å². The number of nitrogens with zero attached hydrogens (tertiary/aromatic N) is 2. The second kappa shape index (κ2) is 8.53. The maximum absolute atomic E-state index is 13.8. The summed E-state index contributed by atoms with van der Waals surface area (Å²) in [6.07, 6.45) is -8.96. The van der Waals surface area contributed by atoms with Crippen LogP contribution >= 0.6 is 11.6 Å². The first kappa shape index (κ1) is 23.9.